The molecule has 0 spiro atoms. The predicted octanol–water partition coefficient (Wildman–Crippen LogP) is 1.61. The Labute approximate surface area is 82.2 Å². The molecule has 84 valence electrons. The Morgan fingerprint density at radius 1 is 1.29 bits per heavy atom. The lowest BCUT2D eigenvalue weighted by molar-refractivity contribution is -0.150. The number of halogens is 3. The zero-order valence-corrected chi connectivity index (χ0v) is 8.40. The molecule has 2 N–H and O–H groups in total. The first kappa shape index (κ1) is 11.8. The molecule has 2 nitrogen and oxygen atoms in total. The Kier molecular flexibility index (Phi) is 3.42. The van der Waals surface area contributed by atoms with Gasteiger partial charge < -0.3 is 5.73 Å². The molecule has 0 atom stereocenters. The minimum absolute atomic E-state index is 0.0437. The highest BCUT2D eigenvalue weighted by Crippen LogP contribution is 2.30. The Bertz CT molecular complexity index is 183. The number of hydrogen-bond acceptors (Lipinski definition) is 2. The van der Waals surface area contributed by atoms with Gasteiger partial charge in [0.1, 0.15) is 0 Å². The molecule has 1 fully saturated rings. The molecule has 0 saturated carbocycles. The summed E-state index contributed by atoms with van der Waals surface area (Å²) in [6, 6.07) is 0. The summed E-state index contributed by atoms with van der Waals surface area (Å²) < 4.78 is 36.1. The third-order valence-electron chi connectivity index (χ3n) is 2.96. The van der Waals surface area contributed by atoms with Gasteiger partial charge in [0.2, 0.25) is 0 Å². The van der Waals surface area contributed by atoms with Gasteiger partial charge in [0.25, 0.3) is 0 Å². The first-order valence-electron chi connectivity index (χ1n) is 4.84. The van der Waals surface area contributed by atoms with Gasteiger partial charge in [0, 0.05) is 0 Å². The number of nitrogens with zero attached hydrogens (tertiary/aromatic N) is 1. The van der Waals surface area contributed by atoms with Crippen molar-refractivity contribution in [3.63, 3.8) is 0 Å². The fourth-order valence-corrected chi connectivity index (χ4v) is 1.71. The molecule has 1 saturated heterocycles. The van der Waals surface area contributed by atoms with E-state index >= 15 is 0 Å². The molecule has 0 unspecified atom stereocenters. The molecule has 1 aliphatic rings. The molecular formula is C9H17F3N2. The van der Waals surface area contributed by atoms with Gasteiger partial charge >= 0.3 is 6.18 Å². The average molecular weight is 210 g/mol. The molecule has 0 aromatic carbocycles. The fourth-order valence-electron chi connectivity index (χ4n) is 1.71. The Balaban J connectivity index is 2.36. The standard InChI is InChI=1S/C9H17F3N2/c1-8(6-13)2-4-14(5-3-8)7-9(10,11)12/h2-7,13H2,1H3. The third-order valence-corrected chi connectivity index (χ3v) is 2.96. The summed E-state index contributed by atoms with van der Waals surface area (Å²) in [5.41, 5.74) is 5.61. The van der Waals surface area contributed by atoms with Gasteiger partial charge in [0.05, 0.1) is 6.54 Å². The Morgan fingerprint density at radius 2 is 1.79 bits per heavy atom. The summed E-state index contributed by atoms with van der Waals surface area (Å²) in [6.45, 7) is 2.83. The smallest absolute Gasteiger partial charge is 0.330 e. The minimum Gasteiger partial charge on any atom is -0.330 e. The van der Waals surface area contributed by atoms with Crippen molar-refractivity contribution in [2.75, 3.05) is 26.2 Å². The molecule has 14 heavy (non-hydrogen) atoms. The SMILES string of the molecule is CC1(CN)CCN(CC(F)(F)F)CC1. The van der Waals surface area contributed by atoms with Crippen LogP contribution in [0.4, 0.5) is 13.2 Å². The van der Waals surface area contributed by atoms with Crippen LogP contribution >= 0.6 is 0 Å². The van der Waals surface area contributed by atoms with Gasteiger partial charge in [-0.1, -0.05) is 6.92 Å². The van der Waals surface area contributed by atoms with Crippen molar-refractivity contribution < 1.29 is 13.2 Å². The molecule has 1 rings (SSSR count). The van der Waals surface area contributed by atoms with E-state index in [1.165, 1.54) is 4.90 Å². The van der Waals surface area contributed by atoms with Crippen LogP contribution in [0.15, 0.2) is 0 Å². The van der Waals surface area contributed by atoms with E-state index in [2.05, 4.69) is 0 Å². The van der Waals surface area contributed by atoms with Crippen LogP contribution in [0.25, 0.3) is 0 Å². The minimum atomic E-state index is -4.07. The molecule has 0 bridgehead atoms. The van der Waals surface area contributed by atoms with Crippen LogP contribution < -0.4 is 5.73 Å². The summed E-state index contributed by atoms with van der Waals surface area (Å²) >= 11 is 0. The van der Waals surface area contributed by atoms with Gasteiger partial charge in [-0.3, -0.25) is 4.90 Å². The van der Waals surface area contributed by atoms with E-state index in [4.69, 9.17) is 5.73 Å². The zero-order valence-electron chi connectivity index (χ0n) is 8.40. The zero-order chi connectivity index (χ0) is 10.8. The highest BCUT2D eigenvalue weighted by atomic mass is 19.4. The lowest BCUT2D eigenvalue weighted by atomic mass is 9.80. The largest absolute Gasteiger partial charge is 0.401 e. The number of alkyl halides is 3. The molecule has 0 aliphatic carbocycles. The monoisotopic (exact) mass is 210 g/mol. The van der Waals surface area contributed by atoms with Crippen molar-refractivity contribution in [3.05, 3.63) is 0 Å². The summed E-state index contributed by atoms with van der Waals surface area (Å²) in [6.07, 6.45) is -2.55. The number of piperidine rings is 1. The maximum atomic E-state index is 12.0. The van der Waals surface area contributed by atoms with Crippen LogP contribution in [0.2, 0.25) is 0 Å². The van der Waals surface area contributed by atoms with Gasteiger partial charge in [-0.15, -0.1) is 0 Å². The third kappa shape index (κ3) is 3.46. The second kappa shape index (κ2) is 4.06. The van der Waals surface area contributed by atoms with Crippen LogP contribution in [0.3, 0.4) is 0 Å². The highest BCUT2D eigenvalue weighted by Gasteiger charge is 2.35. The van der Waals surface area contributed by atoms with Crippen molar-refractivity contribution >= 4 is 0 Å². The molecule has 5 heteroatoms. The van der Waals surface area contributed by atoms with Crippen molar-refractivity contribution in [3.8, 4) is 0 Å². The molecular weight excluding hydrogens is 193 g/mol. The van der Waals surface area contributed by atoms with E-state index in [0.29, 0.717) is 19.6 Å². The quantitative estimate of drug-likeness (QED) is 0.750. The van der Waals surface area contributed by atoms with Crippen LogP contribution in [0, 0.1) is 5.41 Å². The van der Waals surface area contributed by atoms with Gasteiger partial charge in [-0.25, -0.2) is 0 Å². The molecule has 1 heterocycles. The van der Waals surface area contributed by atoms with E-state index in [-0.39, 0.29) is 5.41 Å². The van der Waals surface area contributed by atoms with E-state index in [9.17, 15) is 13.2 Å². The van der Waals surface area contributed by atoms with Crippen molar-refractivity contribution in [2.45, 2.75) is 25.9 Å². The topological polar surface area (TPSA) is 29.3 Å². The predicted molar refractivity (Wildman–Crippen MR) is 48.9 cm³/mol. The number of hydrogen-bond donors (Lipinski definition) is 1. The van der Waals surface area contributed by atoms with Crippen LogP contribution in [-0.2, 0) is 0 Å². The van der Waals surface area contributed by atoms with E-state index in [0.717, 1.165) is 12.8 Å². The van der Waals surface area contributed by atoms with Gasteiger partial charge in [0.15, 0.2) is 0 Å². The maximum absolute atomic E-state index is 12.0. The van der Waals surface area contributed by atoms with E-state index in [1.54, 1.807) is 0 Å². The normalized spacial score (nSPS) is 23.8. The first-order valence-corrected chi connectivity index (χ1v) is 4.84. The molecule has 1 aliphatic heterocycles. The molecule has 0 aromatic rings. The summed E-state index contributed by atoms with van der Waals surface area (Å²) in [5, 5.41) is 0. The second-order valence-electron chi connectivity index (χ2n) is 4.41. The van der Waals surface area contributed by atoms with Crippen molar-refractivity contribution in [1.82, 2.24) is 4.90 Å². The molecule has 0 radical (unpaired) electrons. The Morgan fingerprint density at radius 3 is 2.14 bits per heavy atom. The number of likely N-dealkylation sites (tertiary alicyclic amines) is 1. The first-order chi connectivity index (χ1) is 6.35. The van der Waals surface area contributed by atoms with Gasteiger partial charge in [-0.2, -0.15) is 13.2 Å². The summed E-state index contributed by atoms with van der Waals surface area (Å²) in [5.74, 6) is 0. The average Bonchev–Trinajstić information content (AvgIpc) is 2.07. The summed E-state index contributed by atoms with van der Waals surface area (Å²) in [7, 11) is 0. The molecule has 0 amide bonds. The molecule has 0 aromatic heterocycles. The van der Waals surface area contributed by atoms with Crippen molar-refractivity contribution in [2.24, 2.45) is 11.1 Å². The summed E-state index contributed by atoms with van der Waals surface area (Å²) in [4.78, 5) is 1.46. The Hall–Kier alpha value is -0.290. The van der Waals surface area contributed by atoms with Crippen LogP contribution in [0.1, 0.15) is 19.8 Å². The van der Waals surface area contributed by atoms with E-state index < -0.39 is 12.7 Å². The number of rotatable bonds is 2. The van der Waals surface area contributed by atoms with Crippen LogP contribution in [0.5, 0.6) is 0 Å². The lowest BCUT2D eigenvalue weighted by Crippen LogP contribution is -2.45. The fraction of sp³-hybridized carbons (Fsp3) is 1.00. The van der Waals surface area contributed by atoms with E-state index in [1.807, 2.05) is 6.92 Å². The van der Waals surface area contributed by atoms with Crippen molar-refractivity contribution in [1.29, 1.82) is 0 Å². The lowest BCUT2D eigenvalue weighted by Gasteiger charge is -2.38. The van der Waals surface area contributed by atoms with Crippen LogP contribution in [-0.4, -0.2) is 37.3 Å². The van der Waals surface area contributed by atoms with Gasteiger partial charge in [-0.05, 0) is 37.9 Å². The highest BCUT2D eigenvalue weighted by molar-refractivity contribution is 4.83. The number of nitrogens with two attached hydrogens (primary N) is 1. The maximum Gasteiger partial charge on any atom is 0.401 e. The second-order valence-corrected chi connectivity index (χ2v) is 4.41.